The van der Waals surface area contributed by atoms with E-state index in [1.165, 1.54) is 19.4 Å². The van der Waals surface area contributed by atoms with E-state index in [-0.39, 0.29) is 11.8 Å². The zero-order valence-electron chi connectivity index (χ0n) is 11.9. The molecule has 0 aromatic heterocycles. The second-order valence-corrected chi connectivity index (χ2v) is 5.30. The Hall–Kier alpha value is -1.35. The van der Waals surface area contributed by atoms with Crippen molar-refractivity contribution in [2.75, 3.05) is 19.6 Å². The topological polar surface area (TPSA) is 32.3 Å². The Morgan fingerprint density at radius 1 is 1.42 bits per heavy atom. The van der Waals surface area contributed by atoms with E-state index in [4.69, 9.17) is 0 Å². The third-order valence-corrected chi connectivity index (χ3v) is 4.11. The summed E-state index contributed by atoms with van der Waals surface area (Å²) in [4.78, 5) is 14.6. The average molecular weight is 260 g/mol. The molecule has 1 aliphatic heterocycles. The SMILES string of the molecule is CCN1CCC[C@@H]1CNC(=O)[C@@H](C)c1ccccc1. The first-order chi connectivity index (χ1) is 9.22. The van der Waals surface area contributed by atoms with Crippen LogP contribution in [0, 0.1) is 0 Å². The molecular formula is C16H24N2O. The van der Waals surface area contributed by atoms with Crippen molar-refractivity contribution in [1.82, 2.24) is 10.2 Å². The largest absolute Gasteiger partial charge is 0.354 e. The Balaban J connectivity index is 1.84. The average Bonchev–Trinajstić information content (AvgIpc) is 2.92. The summed E-state index contributed by atoms with van der Waals surface area (Å²) in [5, 5.41) is 3.11. The van der Waals surface area contributed by atoms with E-state index in [1.807, 2.05) is 37.3 Å². The fraction of sp³-hybridized carbons (Fsp3) is 0.562. The lowest BCUT2D eigenvalue weighted by Gasteiger charge is -2.23. The predicted molar refractivity (Wildman–Crippen MR) is 78.1 cm³/mol. The molecule has 1 aromatic rings. The van der Waals surface area contributed by atoms with Gasteiger partial charge in [0.25, 0.3) is 0 Å². The fourth-order valence-electron chi connectivity index (χ4n) is 2.81. The third-order valence-electron chi connectivity index (χ3n) is 4.11. The van der Waals surface area contributed by atoms with Gasteiger partial charge >= 0.3 is 0 Å². The molecule has 19 heavy (non-hydrogen) atoms. The summed E-state index contributed by atoms with van der Waals surface area (Å²) >= 11 is 0. The van der Waals surface area contributed by atoms with E-state index in [0.717, 1.165) is 18.7 Å². The highest BCUT2D eigenvalue weighted by Crippen LogP contribution is 2.17. The molecule has 3 heteroatoms. The van der Waals surface area contributed by atoms with E-state index in [1.54, 1.807) is 0 Å². The van der Waals surface area contributed by atoms with Crippen LogP contribution < -0.4 is 5.32 Å². The van der Waals surface area contributed by atoms with Gasteiger partial charge < -0.3 is 5.32 Å². The molecule has 1 aromatic carbocycles. The van der Waals surface area contributed by atoms with Crippen LogP contribution in [0.5, 0.6) is 0 Å². The van der Waals surface area contributed by atoms with E-state index in [0.29, 0.717) is 6.04 Å². The summed E-state index contributed by atoms with van der Waals surface area (Å²) < 4.78 is 0. The molecule has 1 heterocycles. The molecule has 1 amide bonds. The van der Waals surface area contributed by atoms with E-state index in [9.17, 15) is 4.79 Å². The second kappa shape index (κ2) is 6.71. The van der Waals surface area contributed by atoms with Crippen LogP contribution >= 0.6 is 0 Å². The molecule has 1 N–H and O–H groups in total. The molecule has 2 atom stereocenters. The van der Waals surface area contributed by atoms with Crippen molar-refractivity contribution in [3.63, 3.8) is 0 Å². The van der Waals surface area contributed by atoms with Crippen LogP contribution in [0.3, 0.4) is 0 Å². The minimum atomic E-state index is -0.0716. The first kappa shape index (κ1) is 14.1. The Morgan fingerprint density at radius 2 is 2.16 bits per heavy atom. The summed E-state index contributed by atoms with van der Waals surface area (Å²) in [6.07, 6.45) is 2.45. The summed E-state index contributed by atoms with van der Waals surface area (Å²) in [6, 6.07) is 10.5. The lowest BCUT2D eigenvalue weighted by molar-refractivity contribution is -0.122. The monoisotopic (exact) mass is 260 g/mol. The van der Waals surface area contributed by atoms with Crippen LogP contribution in [0.15, 0.2) is 30.3 Å². The molecule has 104 valence electrons. The molecule has 0 saturated carbocycles. The summed E-state index contributed by atoms with van der Waals surface area (Å²) in [6.45, 7) is 7.19. The van der Waals surface area contributed by atoms with E-state index in [2.05, 4.69) is 17.1 Å². The highest BCUT2D eigenvalue weighted by Gasteiger charge is 2.24. The molecule has 0 spiro atoms. The van der Waals surface area contributed by atoms with Gasteiger partial charge in [-0.2, -0.15) is 0 Å². The summed E-state index contributed by atoms with van der Waals surface area (Å²) in [5.74, 6) is 0.0619. The van der Waals surface area contributed by atoms with Crippen LogP contribution in [0.4, 0.5) is 0 Å². The van der Waals surface area contributed by atoms with Crippen LogP contribution in [0.25, 0.3) is 0 Å². The van der Waals surface area contributed by atoms with E-state index < -0.39 is 0 Å². The standard InChI is InChI=1S/C16H24N2O/c1-3-18-11-7-10-15(18)12-17-16(19)13(2)14-8-5-4-6-9-14/h4-6,8-9,13,15H,3,7,10-12H2,1-2H3,(H,17,19)/t13-,15+/m0/s1. The minimum Gasteiger partial charge on any atom is -0.354 e. The number of benzene rings is 1. The highest BCUT2D eigenvalue weighted by molar-refractivity contribution is 5.83. The van der Waals surface area contributed by atoms with Gasteiger partial charge in [0.2, 0.25) is 5.91 Å². The molecule has 1 aliphatic rings. The van der Waals surface area contributed by atoms with Crippen LogP contribution in [0.2, 0.25) is 0 Å². The van der Waals surface area contributed by atoms with Crippen molar-refractivity contribution >= 4 is 5.91 Å². The van der Waals surface area contributed by atoms with Gasteiger partial charge in [0, 0.05) is 12.6 Å². The first-order valence-corrected chi connectivity index (χ1v) is 7.29. The Labute approximate surface area is 116 Å². The van der Waals surface area contributed by atoms with Crippen LogP contribution in [0.1, 0.15) is 38.2 Å². The Morgan fingerprint density at radius 3 is 2.84 bits per heavy atom. The van der Waals surface area contributed by atoms with Gasteiger partial charge in [0.1, 0.15) is 0 Å². The van der Waals surface area contributed by atoms with Crippen molar-refractivity contribution < 1.29 is 4.79 Å². The second-order valence-electron chi connectivity index (χ2n) is 5.30. The smallest absolute Gasteiger partial charge is 0.227 e. The zero-order valence-corrected chi connectivity index (χ0v) is 11.9. The number of rotatable bonds is 5. The lowest BCUT2D eigenvalue weighted by Crippen LogP contribution is -2.41. The number of hydrogen-bond acceptors (Lipinski definition) is 2. The number of nitrogens with one attached hydrogen (secondary N) is 1. The van der Waals surface area contributed by atoms with Crippen LogP contribution in [-0.2, 0) is 4.79 Å². The molecule has 0 unspecified atom stereocenters. The highest BCUT2D eigenvalue weighted by atomic mass is 16.1. The van der Waals surface area contributed by atoms with Gasteiger partial charge in [-0.1, -0.05) is 37.3 Å². The van der Waals surface area contributed by atoms with Gasteiger partial charge in [0.15, 0.2) is 0 Å². The number of nitrogens with zero attached hydrogens (tertiary/aromatic N) is 1. The number of likely N-dealkylation sites (tertiary alicyclic amines) is 1. The van der Waals surface area contributed by atoms with Crippen molar-refractivity contribution in [2.24, 2.45) is 0 Å². The van der Waals surface area contributed by atoms with Gasteiger partial charge in [-0.05, 0) is 38.4 Å². The molecule has 2 rings (SSSR count). The van der Waals surface area contributed by atoms with Crippen molar-refractivity contribution in [3.05, 3.63) is 35.9 Å². The molecule has 3 nitrogen and oxygen atoms in total. The number of likely N-dealkylation sites (N-methyl/N-ethyl adjacent to an activating group) is 1. The molecule has 1 saturated heterocycles. The summed E-state index contributed by atoms with van der Waals surface area (Å²) in [7, 11) is 0. The Bertz CT molecular complexity index is 404. The molecule has 0 radical (unpaired) electrons. The third kappa shape index (κ3) is 3.57. The molecule has 0 bridgehead atoms. The maximum absolute atomic E-state index is 12.2. The van der Waals surface area contributed by atoms with Crippen molar-refractivity contribution in [2.45, 2.75) is 38.6 Å². The number of carbonyl (C=O) groups excluding carboxylic acids is 1. The summed E-state index contributed by atoms with van der Waals surface area (Å²) in [5.41, 5.74) is 1.08. The van der Waals surface area contributed by atoms with Gasteiger partial charge in [-0.3, -0.25) is 9.69 Å². The molecule has 1 fully saturated rings. The van der Waals surface area contributed by atoms with Gasteiger partial charge in [-0.25, -0.2) is 0 Å². The van der Waals surface area contributed by atoms with Crippen LogP contribution in [-0.4, -0.2) is 36.5 Å². The van der Waals surface area contributed by atoms with Crippen molar-refractivity contribution in [1.29, 1.82) is 0 Å². The predicted octanol–water partition coefficient (Wildman–Crippen LogP) is 2.39. The lowest BCUT2D eigenvalue weighted by atomic mass is 10.0. The maximum Gasteiger partial charge on any atom is 0.227 e. The van der Waals surface area contributed by atoms with Gasteiger partial charge in [-0.15, -0.1) is 0 Å². The number of amides is 1. The first-order valence-electron chi connectivity index (χ1n) is 7.29. The minimum absolute atomic E-state index is 0.0716. The molecular weight excluding hydrogens is 236 g/mol. The number of carbonyl (C=O) groups is 1. The van der Waals surface area contributed by atoms with E-state index >= 15 is 0 Å². The quantitative estimate of drug-likeness (QED) is 0.881. The van der Waals surface area contributed by atoms with Crippen molar-refractivity contribution in [3.8, 4) is 0 Å². The Kier molecular flexibility index (Phi) is 4.97. The number of hydrogen-bond donors (Lipinski definition) is 1. The fourth-order valence-corrected chi connectivity index (χ4v) is 2.81. The maximum atomic E-state index is 12.2. The normalized spacial score (nSPS) is 21.3. The zero-order chi connectivity index (χ0) is 13.7. The van der Waals surface area contributed by atoms with Gasteiger partial charge in [0.05, 0.1) is 5.92 Å². The molecule has 0 aliphatic carbocycles.